The van der Waals surface area contributed by atoms with Crippen molar-refractivity contribution >= 4 is 5.97 Å². The van der Waals surface area contributed by atoms with E-state index in [1.807, 2.05) is 0 Å². The SMILES string of the molecule is CCOC(=O)c1cnn(-c2ncccn2)c1. The zero-order valence-corrected chi connectivity index (χ0v) is 8.70. The fraction of sp³-hybridized carbons (Fsp3) is 0.200. The van der Waals surface area contributed by atoms with Crippen molar-refractivity contribution in [3.05, 3.63) is 36.4 Å². The fourth-order valence-corrected chi connectivity index (χ4v) is 1.16. The van der Waals surface area contributed by atoms with Crippen molar-refractivity contribution < 1.29 is 9.53 Å². The smallest absolute Gasteiger partial charge is 0.341 e. The van der Waals surface area contributed by atoms with Crippen LogP contribution in [-0.4, -0.2) is 32.3 Å². The molecule has 2 rings (SSSR count). The third kappa shape index (κ3) is 2.05. The number of nitrogens with zero attached hydrogens (tertiary/aromatic N) is 4. The first-order valence-electron chi connectivity index (χ1n) is 4.80. The average molecular weight is 218 g/mol. The molecule has 0 atom stereocenters. The molecule has 0 saturated carbocycles. The first-order valence-corrected chi connectivity index (χ1v) is 4.80. The van der Waals surface area contributed by atoms with Crippen LogP contribution in [0.25, 0.3) is 5.95 Å². The summed E-state index contributed by atoms with van der Waals surface area (Å²) in [5, 5.41) is 3.98. The van der Waals surface area contributed by atoms with Gasteiger partial charge in [-0.05, 0) is 13.0 Å². The van der Waals surface area contributed by atoms with Gasteiger partial charge in [0.05, 0.1) is 18.4 Å². The van der Waals surface area contributed by atoms with Crippen LogP contribution in [0.3, 0.4) is 0 Å². The van der Waals surface area contributed by atoms with Crippen molar-refractivity contribution in [1.29, 1.82) is 0 Å². The Morgan fingerprint density at radius 3 is 2.88 bits per heavy atom. The van der Waals surface area contributed by atoms with Gasteiger partial charge in [0.2, 0.25) is 5.95 Å². The lowest BCUT2D eigenvalue weighted by Gasteiger charge is -1.97. The number of rotatable bonds is 3. The molecule has 0 amide bonds. The van der Waals surface area contributed by atoms with Crippen LogP contribution in [0, 0.1) is 0 Å². The lowest BCUT2D eigenvalue weighted by molar-refractivity contribution is 0.0526. The highest BCUT2D eigenvalue weighted by molar-refractivity contribution is 5.88. The van der Waals surface area contributed by atoms with Crippen molar-refractivity contribution in [3.63, 3.8) is 0 Å². The third-order valence-electron chi connectivity index (χ3n) is 1.85. The summed E-state index contributed by atoms with van der Waals surface area (Å²) in [6, 6.07) is 1.71. The predicted molar refractivity (Wildman–Crippen MR) is 55.1 cm³/mol. The van der Waals surface area contributed by atoms with Crippen molar-refractivity contribution in [1.82, 2.24) is 19.7 Å². The minimum absolute atomic E-state index is 0.339. The first-order chi connectivity index (χ1) is 7.81. The average Bonchev–Trinajstić information content (AvgIpc) is 2.80. The molecule has 2 heterocycles. The maximum absolute atomic E-state index is 11.4. The largest absolute Gasteiger partial charge is 0.462 e. The van der Waals surface area contributed by atoms with Gasteiger partial charge in [0.15, 0.2) is 0 Å². The summed E-state index contributed by atoms with van der Waals surface area (Å²) in [5.74, 6) is 0.0164. The first kappa shape index (κ1) is 10.3. The molecule has 0 radical (unpaired) electrons. The third-order valence-corrected chi connectivity index (χ3v) is 1.85. The molecule has 6 nitrogen and oxygen atoms in total. The van der Waals surface area contributed by atoms with Gasteiger partial charge in [0.1, 0.15) is 0 Å². The second-order valence-electron chi connectivity index (χ2n) is 2.94. The number of esters is 1. The monoisotopic (exact) mass is 218 g/mol. The summed E-state index contributed by atoms with van der Waals surface area (Å²) >= 11 is 0. The van der Waals surface area contributed by atoms with E-state index in [1.165, 1.54) is 17.1 Å². The number of carbonyl (C=O) groups excluding carboxylic acids is 1. The molecule has 0 saturated heterocycles. The van der Waals surface area contributed by atoms with Crippen LogP contribution in [-0.2, 0) is 4.74 Å². The Hall–Kier alpha value is -2.24. The van der Waals surface area contributed by atoms with Gasteiger partial charge in [-0.25, -0.2) is 19.4 Å². The molecular formula is C10H10N4O2. The standard InChI is InChI=1S/C10H10N4O2/c1-2-16-9(15)8-6-13-14(7-8)10-11-4-3-5-12-10/h3-7H,2H2,1H3. The van der Waals surface area contributed by atoms with Gasteiger partial charge in [0.25, 0.3) is 0 Å². The molecule has 2 aromatic rings. The molecule has 0 aliphatic rings. The highest BCUT2D eigenvalue weighted by Crippen LogP contribution is 2.03. The summed E-state index contributed by atoms with van der Waals surface area (Å²) in [4.78, 5) is 19.4. The van der Waals surface area contributed by atoms with E-state index in [2.05, 4.69) is 15.1 Å². The Morgan fingerprint density at radius 2 is 2.19 bits per heavy atom. The lowest BCUT2D eigenvalue weighted by atomic mass is 10.4. The summed E-state index contributed by atoms with van der Waals surface area (Å²) < 4.78 is 6.27. The second-order valence-corrected chi connectivity index (χ2v) is 2.94. The molecule has 82 valence electrons. The lowest BCUT2D eigenvalue weighted by Crippen LogP contribution is -2.04. The number of aromatic nitrogens is 4. The van der Waals surface area contributed by atoms with Crippen LogP contribution in [0.15, 0.2) is 30.9 Å². The van der Waals surface area contributed by atoms with Crippen molar-refractivity contribution in [2.24, 2.45) is 0 Å². The van der Waals surface area contributed by atoms with Gasteiger partial charge in [-0.1, -0.05) is 0 Å². The molecule has 0 aliphatic carbocycles. The Labute approximate surface area is 91.9 Å². The molecule has 16 heavy (non-hydrogen) atoms. The Balaban J connectivity index is 2.23. The Morgan fingerprint density at radius 1 is 1.44 bits per heavy atom. The molecule has 0 unspecified atom stereocenters. The van der Waals surface area contributed by atoms with E-state index >= 15 is 0 Å². The summed E-state index contributed by atoms with van der Waals surface area (Å²) in [7, 11) is 0. The minimum Gasteiger partial charge on any atom is -0.462 e. The van der Waals surface area contributed by atoms with Gasteiger partial charge in [0, 0.05) is 18.6 Å². The normalized spacial score (nSPS) is 10.1. The van der Waals surface area contributed by atoms with Crippen LogP contribution in [0.4, 0.5) is 0 Å². The molecule has 0 bridgehead atoms. The van der Waals surface area contributed by atoms with Crippen LogP contribution in [0.5, 0.6) is 0 Å². The summed E-state index contributed by atoms with van der Waals surface area (Å²) in [6.45, 7) is 2.09. The second kappa shape index (κ2) is 4.52. The summed E-state index contributed by atoms with van der Waals surface area (Å²) in [6.07, 6.45) is 6.17. The molecule has 0 aromatic carbocycles. The van der Waals surface area contributed by atoms with Gasteiger partial charge in [-0.15, -0.1) is 0 Å². The van der Waals surface area contributed by atoms with E-state index in [1.54, 1.807) is 25.4 Å². The highest BCUT2D eigenvalue weighted by Gasteiger charge is 2.10. The maximum atomic E-state index is 11.4. The van der Waals surface area contributed by atoms with E-state index in [4.69, 9.17) is 4.74 Å². The van der Waals surface area contributed by atoms with E-state index in [-0.39, 0.29) is 0 Å². The Bertz CT molecular complexity index is 481. The van der Waals surface area contributed by atoms with E-state index in [0.29, 0.717) is 18.1 Å². The van der Waals surface area contributed by atoms with Crippen LogP contribution in [0.2, 0.25) is 0 Å². The zero-order chi connectivity index (χ0) is 11.4. The van der Waals surface area contributed by atoms with Crippen molar-refractivity contribution in [2.75, 3.05) is 6.61 Å². The minimum atomic E-state index is -0.398. The zero-order valence-electron chi connectivity index (χ0n) is 8.70. The van der Waals surface area contributed by atoms with Crippen LogP contribution in [0.1, 0.15) is 17.3 Å². The molecular weight excluding hydrogens is 208 g/mol. The molecule has 0 N–H and O–H groups in total. The van der Waals surface area contributed by atoms with E-state index in [9.17, 15) is 4.79 Å². The van der Waals surface area contributed by atoms with Crippen LogP contribution < -0.4 is 0 Å². The van der Waals surface area contributed by atoms with E-state index in [0.717, 1.165) is 0 Å². The van der Waals surface area contributed by atoms with Gasteiger partial charge >= 0.3 is 5.97 Å². The van der Waals surface area contributed by atoms with Crippen molar-refractivity contribution in [2.45, 2.75) is 6.92 Å². The topological polar surface area (TPSA) is 69.9 Å². The number of carbonyl (C=O) groups is 1. The highest BCUT2D eigenvalue weighted by atomic mass is 16.5. The molecule has 6 heteroatoms. The fourth-order valence-electron chi connectivity index (χ4n) is 1.16. The Kier molecular flexibility index (Phi) is 2.90. The van der Waals surface area contributed by atoms with E-state index < -0.39 is 5.97 Å². The van der Waals surface area contributed by atoms with Crippen molar-refractivity contribution in [3.8, 4) is 5.95 Å². The molecule has 0 aliphatic heterocycles. The van der Waals surface area contributed by atoms with Gasteiger partial charge < -0.3 is 4.74 Å². The maximum Gasteiger partial charge on any atom is 0.341 e. The van der Waals surface area contributed by atoms with Crippen LogP contribution >= 0.6 is 0 Å². The number of hydrogen-bond donors (Lipinski definition) is 0. The van der Waals surface area contributed by atoms with Gasteiger partial charge in [-0.3, -0.25) is 0 Å². The van der Waals surface area contributed by atoms with Gasteiger partial charge in [-0.2, -0.15) is 5.10 Å². The summed E-state index contributed by atoms with van der Waals surface area (Å²) in [5.41, 5.74) is 0.384. The molecule has 0 fully saturated rings. The predicted octanol–water partition coefficient (Wildman–Crippen LogP) is 0.839. The molecule has 2 aromatic heterocycles. The quantitative estimate of drug-likeness (QED) is 0.714. The molecule has 0 spiro atoms. The number of ether oxygens (including phenoxy) is 1. The number of hydrogen-bond acceptors (Lipinski definition) is 5.